The third kappa shape index (κ3) is 12.7. The van der Waals surface area contributed by atoms with Gasteiger partial charge in [-0.05, 0) is 78.5 Å². The predicted molar refractivity (Wildman–Crippen MR) is 192 cm³/mol. The van der Waals surface area contributed by atoms with E-state index < -0.39 is 53.2 Å². The maximum absolute atomic E-state index is 14.7. The molecule has 264 valence electrons. The van der Waals surface area contributed by atoms with E-state index in [9.17, 15) is 19.2 Å². The van der Waals surface area contributed by atoms with Crippen molar-refractivity contribution in [1.82, 2.24) is 15.5 Å². The standard InChI is InChI=1S/C40H53N3O6/c1-10-21-43(36(45)32(25-29-17-13-11-14-18-29)42-38(47)49-40(7,8)9)34(31-23-27(2)22-28(3)24-31)35(44)41-33(37(46)48-39(4,5)6)26-30-19-15-12-16-20-30/h11-20,22-24,32-34H,10,21,25-26H2,1-9H3,(H,41,44)(H,42,47). The molecule has 3 amide bonds. The molecule has 3 unspecified atom stereocenters. The van der Waals surface area contributed by atoms with Crippen LogP contribution < -0.4 is 10.6 Å². The van der Waals surface area contributed by atoms with Gasteiger partial charge in [0.05, 0.1) is 0 Å². The minimum absolute atomic E-state index is 0.175. The second-order valence-corrected chi connectivity index (χ2v) is 14.5. The maximum Gasteiger partial charge on any atom is 0.408 e. The van der Waals surface area contributed by atoms with Crippen molar-refractivity contribution in [3.05, 3.63) is 107 Å². The van der Waals surface area contributed by atoms with Crippen molar-refractivity contribution in [3.63, 3.8) is 0 Å². The number of amides is 3. The van der Waals surface area contributed by atoms with Gasteiger partial charge in [0.25, 0.3) is 0 Å². The molecule has 3 atom stereocenters. The van der Waals surface area contributed by atoms with Crippen molar-refractivity contribution in [2.45, 2.75) is 111 Å². The van der Waals surface area contributed by atoms with Crippen molar-refractivity contribution >= 4 is 23.9 Å². The molecule has 9 nitrogen and oxygen atoms in total. The number of nitrogens with one attached hydrogen (secondary N) is 2. The fourth-order valence-electron chi connectivity index (χ4n) is 5.61. The number of nitrogens with zero attached hydrogens (tertiary/aromatic N) is 1. The SMILES string of the molecule is CCCN(C(=O)C(Cc1ccccc1)NC(=O)OC(C)(C)C)C(C(=O)NC(Cc1ccccc1)C(=O)OC(C)(C)C)c1cc(C)cc(C)c1. The Morgan fingerprint density at radius 3 is 1.65 bits per heavy atom. The minimum Gasteiger partial charge on any atom is -0.458 e. The molecular weight excluding hydrogens is 618 g/mol. The van der Waals surface area contributed by atoms with Crippen molar-refractivity contribution in [2.24, 2.45) is 0 Å². The molecule has 0 aromatic heterocycles. The molecule has 3 aromatic rings. The highest BCUT2D eigenvalue weighted by Crippen LogP contribution is 2.27. The normalized spacial score (nSPS) is 13.4. The van der Waals surface area contributed by atoms with Crippen LogP contribution in [0.3, 0.4) is 0 Å². The highest BCUT2D eigenvalue weighted by atomic mass is 16.6. The summed E-state index contributed by atoms with van der Waals surface area (Å²) in [5, 5.41) is 5.75. The summed E-state index contributed by atoms with van der Waals surface area (Å²) >= 11 is 0. The molecule has 0 saturated heterocycles. The predicted octanol–water partition coefficient (Wildman–Crippen LogP) is 6.79. The summed E-state index contributed by atoms with van der Waals surface area (Å²) in [6, 6.07) is 21.3. The molecule has 0 saturated carbocycles. The van der Waals surface area contributed by atoms with E-state index in [-0.39, 0.29) is 19.4 Å². The molecule has 0 fully saturated rings. The molecular formula is C40H53N3O6. The summed E-state index contributed by atoms with van der Waals surface area (Å²) < 4.78 is 11.3. The van der Waals surface area contributed by atoms with Crippen LogP contribution in [0.1, 0.15) is 88.7 Å². The number of carbonyl (C=O) groups excluding carboxylic acids is 4. The lowest BCUT2D eigenvalue weighted by atomic mass is 9.96. The van der Waals surface area contributed by atoms with Crippen LogP contribution in [0.25, 0.3) is 0 Å². The van der Waals surface area contributed by atoms with Gasteiger partial charge < -0.3 is 25.0 Å². The maximum atomic E-state index is 14.7. The molecule has 0 radical (unpaired) electrons. The zero-order valence-electron chi connectivity index (χ0n) is 30.5. The first-order valence-corrected chi connectivity index (χ1v) is 16.9. The molecule has 0 aliphatic heterocycles. The van der Waals surface area contributed by atoms with Gasteiger partial charge in [-0.3, -0.25) is 9.59 Å². The van der Waals surface area contributed by atoms with Crippen LogP contribution in [0.5, 0.6) is 0 Å². The second kappa shape index (κ2) is 17.1. The van der Waals surface area contributed by atoms with Gasteiger partial charge in [-0.25, -0.2) is 9.59 Å². The van der Waals surface area contributed by atoms with E-state index in [2.05, 4.69) is 10.6 Å². The van der Waals surface area contributed by atoms with Crippen molar-refractivity contribution in [1.29, 1.82) is 0 Å². The average molecular weight is 672 g/mol. The first-order valence-electron chi connectivity index (χ1n) is 16.9. The van der Waals surface area contributed by atoms with Crippen LogP contribution in [0.4, 0.5) is 4.79 Å². The average Bonchev–Trinajstić information content (AvgIpc) is 2.98. The number of alkyl carbamates (subject to hydrolysis) is 1. The van der Waals surface area contributed by atoms with Gasteiger partial charge in [0.1, 0.15) is 29.3 Å². The molecule has 0 spiro atoms. The van der Waals surface area contributed by atoms with E-state index in [1.165, 1.54) is 4.90 Å². The number of ether oxygens (including phenoxy) is 2. The first kappa shape index (κ1) is 38.8. The summed E-state index contributed by atoms with van der Waals surface area (Å²) in [5.41, 5.74) is 2.52. The Hall–Kier alpha value is -4.66. The lowest BCUT2D eigenvalue weighted by Crippen LogP contribution is -2.55. The number of aryl methyl sites for hydroxylation is 2. The first-order chi connectivity index (χ1) is 23.0. The summed E-state index contributed by atoms with van der Waals surface area (Å²) in [4.78, 5) is 57.5. The van der Waals surface area contributed by atoms with Gasteiger partial charge >= 0.3 is 12.1 Å². The Morgan fingerprint density at radius 2 is 1.18 bits per heavy atom. The van der Waals surface area contributed by atoms with Crippen LogP contribution >= 0.6 is 0 Å². The monoisotopic (exact) mass is 671 g/mol. The van der Waals surface area contributed by atoms with E-state index in [0.717, 1.165) is 22.3 Å². The summed E-state index contributed by atoms with van der Waals surface area (Å²) in [6.45, 7) is 16.6. The van der Waals surface area contributed by atoms with Crippen molar-refractivity contribution < 1.29 is 28.7 Å². The topological polar surface area (TPSA) is 114 Å². The molecule has 49 heavy (non-hydrogen) atoms. The Balaban J connectivity index is 2.11. The summed E-state index contributed by atoms with van der Waals surface area (Å²) in [7, 11) is 0. The van der Waals surface area contributed by atoms with E-state index in [0.29, 0.717) is 12.0 Å². The van der Waals surface area contributed by atoms with Crippen molar-refractivity contribution in [3.8, 4) is 0 Å². The van der Waals surface area contributed by atoms with Gasteiger partial charge in [-0.2, -0.15) is 0 Å². The van der Waals surface area contributed by atoms with Crippen LogP contribution in [0, 0.1) is 13.8 Å². The third-order valence-electron chi connectivity index (χ3n) is 7.43. The van der Waals surface area contributed by atoms with E-state index in [1.807, 2.05) is 99.6 Å². The largest absolute Gasteiger partial charge is 0.458 e. The third-order valence-corrected chi connectivity index (χ3v) is 7.43. The molecule has 0 bridgehead atoms. The fraction of sp³-hybridized carbons (Fsp3) is 0.450. The van der Waals surface area contributed by atoms with E-state index >= 15 is 0 Å². The molecule has 9 heteroatoms. The number of rotatable bonds is 13. The Bertz CT molecular complexity index is 1540. The van der Waals surface area contributed by atoms with E-state index in [4.69, 9.17) is 9.47 Å². The van der Waals surface area contributed by atoms with Gasteiger partial charge in [0.15, 0.2) is 0 Å². The zero-order chi connectivity index (χ0) is 36.4. The van der Waals surface area contributed by atoms with Crippen LogP contribution in [0.15, 0.2) is 78.9 Å². The Labute approximate surface area is 291 Å². The smallest absolute Gasteiger partial charge is 0.408 e. The van der Waals surface area contributed by atoms with Gasteiger partial charge in [-0.1, -0.05) is 96.9 Å². The number of hydrogen-bond donors (Lipinski definition) is 2. The lowest BCUT2D eigenvalue weighted by molar-refractivity contribution is -0.159. The molecule has 0 aliphatic rings. The number of hydrogen-bond acceptors (Lipinski definition) is 6. The second-order valence-electron chi connectivity index (χ2n) is 14.5. The Morgan fingerprint density at radius 1 is 0.694 bits per heavy atom. The van der Waals surface area contributed by atoms with Crippen LogP contribution in [-0.4, -0.2) is 58.6 Å². The van der Waals surface area contributed by atoms with Crippen LogP contribution in [0.2, 0.25) is 0 Å². The van der Waals surface area contributed by atoms with E-state index in [1.54, 1.807) is 41.5 Å². The van der Waals surface area contributed by atoms with Gasteiger partial charge in [0.2, 0.25) is 11.8 Å². The molecule has 3 aromatic carbocycles. The summed E-state index contributed by atoms with van der Waals surface area (Å²) in [5.74, 6) is -1.56. The Kier molecular flexibility index (Phi) is 13.6. The molecule has 2 N–H and O–H groups in total. The highest BCUT2D eigenvalue weighted by Gasteiger charge is 2.38. The minimum atomic E-state index is -1.12. The van der Waals surface area contributed by atoms with Gasteiger partial charge in [0, 0.05) is 19.4 Å². The fourth-order valence-corrected chi connectivity index (χ4v) is 5.61. The zero-order valence-corrected chi connectivity index (χ0v) is 30.5. The van der Waals surface area contributed by atoms with Gasteiger partial charge in [-0.15, -0.1) is 0 Å². The van der Waals surface area contributed by atoms with Crippen molar-refractivity contribution in [2.75, 3.05) is 6.54 Å². The van der Waals surface area contributed by atoms with Crippen LogP contribution in [-0.2, 0) is 36.7 Å². The quantitative estimate of drug-likeness (QED) is 0.194. The number of carbonyl (C=O) groups is 4. The molecule has 0 aliphatic carbocycles. The molecule has 3 rings (SSSR count). The number of esters is 1. The molecule has 0 heterocycles. The highest BCUT2D eigenvalue weighted by molar-refractivity contribution is 5.94. The lowest BCUT2D eigenvalue weighted by Gasteiger charge is -2.35. The number of benzene rings is 3. The summed E-state index contributed by atoms with van der Waals surface area (Å²) in [6.07, 6.45) is 0.164.